The molecular weight excluding hydrogens is 352 g/mol. The Bertz CT molecular complexity index is 831. The van der Waals surface area contributed by atoms with Crippen molar-refractivity contribution in [1.82, 2.24) is 10.0 Å². The first-order chi connectivity index (χ1) is 11.1. The minimum absolute atomic E-state index is 0.0411. The molecule has 2 N–H and O–H groups in total. The Kier molecular flexibility index (Phi) is 5.67. The molecule has 1 aromatic rings. The second-order valence-electron chi connectivity index (χ2n) is 6.06. The van der Waals surface area contributed by atoms with Gasteiger partial charge in [0.05, 0.1) is 16.4 Å². The second kappa shape index (κ2) is 7.20. The van der Waals surface area contributed by atoms with E-state index < -0.39 is 19.9 Å². The van der Waals surface area contributed by atoms with Crippen molar-refractivity contribution >= 4 is 25.8 Å². The second-order valence-corrected chi connectivity index (χ2v) is 10.1. The summed E-state index contributed by atoms with van der Waals surface area (Å²) >= 11 is 0. The fourth-order valence-corrected chi connectivity index (χ4v) is 5.26. The Balaban J connectivity index is 1.84. The molecule has 1 atom stereocenters. The zero-order chi connectivity index (χ0) is 18.0. The zero-order valence-corrected chi connectivity index (χ0v) is 15.3. The number of hydrogen-bond acceptors (Lipinski definition) is 5. The Morgan fingerprint density at radius 3 is 2.54 bits per heavy atom. The van der Waals surface area contributed by atoms with Crippen molar-refractivity contribution in [1.29, 1.82) is 0 Å². The monoisotopic (exact) mass is 374 g/mol. The molecule has 1 saturated heterocycles. The van der Waals surface area contributed by atoms with E-state index in [0.29, 0.717) is 6.42 Å². The number of nitrogens with one attached hydrogen (secondary N) is 2. The largest absolute Gasteiger partial charge is 0.352 e. The molecule has 2 rings (SSSR count). The number of hydrogen-bond donors (Lipinski definition) is 2. The maximum Gasteiger partial charge on any atom is 0.240 e. The van der Waals surface area contributed by atoms with Gasteiger partial charge in [0.2, 0.25) is 15.9 Å². The van der Waals surface area contributed by atoms with E-state index >= 15 is 0 Å². The lowest BCUT2D eigenvalue weighted by Gasteiger charge is -2.11. The highest BCUT2D eigenvalue weighted by Crippen LogP contribution is 2.14. The molecule has 0 spiro atoms. The molecule has 1 amide bonds. The number of rotatable bonds is 6. The predicted molar refractivity (Wildman–Crippen MR) is 90.9 cm³/mol. The van der Waals surface area contributed by atoms with Gasteiger partial charge in [-0.2, -0.15) is 0 Å². The van der Waals surface area contributed by atoms with E-state index in [9.17, 15) is 21.6 Å². The highest BCUT2D eigenvalue weighted by Gasteiger charge is 2.28. The standard InChI is InChI=1S/C15H22N2O5S2/c1-11-3-4-14(9-12(11)2)24(21,22)16-7-5-15(18)17-13-6-8-23(19,20)10-13/h3-4,9,13,16H,5-8,10H2,1-2H3,(H,17,18). The summed E-state index contributed by atoms with van der Waals surface area (Å²) in [6.45, 7) is 3.69. The third-order valence-corrected chi connectivity index (χ3v) is 7.26. The zero-order valence-electron chi connectivity index (χ0n) is 13.7. The molecule has 24 heavy (non-hydrogen) atoms. The van der Waals surface area contributed by atoms with Crippen LogP contribution < -0.4 is 10.0 Å². The Hall–Kier alpha value is -1.45. The van der Waals surface area contributed by atoms with Crippen molar-refractivity contribution in [2.45, 2.75) is 37.6 Å². The van der Waals surface area contributed by atoms with E-state index in [0.717, 1.165) is 11.1 Å². The molecule has 7 nitrogen and oxygen atoms in total. The summed E-state index contributed by atoms with van der Waals surface area (Å²) in [5, 5.41) is 2.62. The van der Waals surface area contributed by atoms with Crippen molar-refractivity contribution in [3.8, 4) is 0 Å². The summed E-state index contributed by atoms with van der Waals surface area (Å²) in [6.07, 6.45) is 0.364. The van der Waals surface area contributed by atoms with Gasteiger partial charge in [-0.05, 0) is 43.5 Å². The first-order valence-corrected chi connectivity index (χ1v) is 11.0. The maximum absolute atomic E-state index is 12.2. The van der Waals surface area contributed by atoms with Gasteiger partial charge >= 0.3 is 0 Å². The summed E-state index contributed by atoms with van der Waals surface area (Å²) in [5.74, 6) is -0.329. The highest BCUT2D eigenvalue weighted by molar-refractivity contribution is 7.91. The van der Waals surface area contributed by atoms with Crippen LogP contribution in [-0.2, 0) is 24.7 Å². The molecule has 0 radical (unpaired) electrons. The number of sulfone groups is 1. The van der Waals surface area contributed by atoms with Crippen LogP contribution >= 0.6 is 0 Å². The van der Waals surface area contributed by atoms with Gasteiger partial charge < -0.3 is 5.32 Å². The minimum Gasteiger partial charge on any atom is -0.352 e. The lowest BCUT2D eigenvalue weighted by Crippen LogP contribution is -2.37. The van der Waals surface area contributed by atoms with Crippen LogP contribution in [0.5, 0.6) is 0 Å². The lowest BCUT2D eigenvalue weighted by molar-refractivity contribution is -0.121. The van der Waals surface area contributed by atoms with Crippen LogP contribution in [0.3, 0.4) is 0 Å². The number of carbonyl (C=O) groups is 1. The van der Waals surface area contributed by atoms with Gasteiger partial charge in [-0.25, -0.2) is 21.6 Å². The van der Waals surface area contributed by atoms with E-state index in [-0.39, 0.29) is 41.3 Å². The third-order valence-electron chi connectivity index (χ3n) is 4.03. The van der Waals surface area contributed by atoms with Crippen LogP contribution in [0.2, 0.25) is 0 Å². The first-order valence-electron chi connectivity index (χ1n) is 7.66. The predicted octanol–water partition coefficient (Wildman–Crippen LogP) is 0.275. The topological polar surface area (TPSA) is 109 Å². The molecule has 1 aromatic carbocycles. The molecule has 134 valence electrons. The molecule has 1 unspecified atom stereocenters. The van der Waals surface area contributed by atoms with E-state index in [1.165, 1.54) is 6.07 Å². The summed E-state index contributed by atoms with van der Waals surface area (Å²) < 4.78 is 49.4. The number of benzene rings is 1. The quantitative estimate of drug-likeness (QED) is 0.743. The first kappa shape index (κ1) is 18.9. The molecular formula is C15H22N2O5S2. The average Bonchev–Trinajstić information content (AvgIpc) is 2.80. The van der Waals surface area contributed by atoms with Gasteiger partial charge in [-0.3, -0.25) is 4.79 Å². The van der Waals surface area contributed by atoms with Crippen molar-refractivity contribution < 1.29 is 21.6 Å². The summed E-state index contributed by atoms with van der Waals surface area (Å²) in [5.41, 5.74) is 1.87. The maximum atomic E-state index is 12.2. The molecule has 9 heteroatoms. The molecule has 1 aliphatic rings. The van der Waals surface area contributed by atoms with Crippen LogP contribution in [0.25, 0.3) is 0 Å². The highest BCUT2D eigenvalue weighted by atomic mass is 32.2. The normalized spacial score (nSPS) is 20.0. The smallest absolute Gasteiger partial charge is 0.240 e. The fraction of sp³-hybridized carbons (Fsp3) is 0.533. The SMILES string of the molecule is Cc1ccc(S(=O)(=O)NCCC(=O)NC2CCS(=O)(=O)C2)cc1C. The Labute approximate surface area is 142 Å². The summed E-state index contributed by atoms with van der Waals surface area (Å²) in [4.78, 5) is 12.0. The summed E-state index contributed by atoms with van der Waals surface area (Å²) in [7, 11) is -6.72. The van der Waals surface area contributed by atoms with Crippen LogP contribution in [0.4, 0.5) is 0 Å². The third kappa shape index (κ3) is 5.02. The van der Waals surface area contributed by atoms with Gasteiger partial charge in [0.15, 0.2) is 9.84 Å². The molecule has 1 aliphatic heterocycles. The number of sulfonamides is 1. The molecule has 1 heterocycles. The van der Waals surface area contributed by atoms with Gasteiger partial charge in [0.25, 0.3) is 0 Å². The number of carbonyl (C=O) groups excluding carboxylic acids is 1. The van der Waals surface area contributed by atoms with E-state index in [1.54, 1.807) is 12.1 Å². The Morgan fingerprint density at radius 1 is 1.25 bits per heavy atom. The van der Waals surface area contributed by atoms with Crippen molar-refractivity contribution in [3.63, 3.8) is 0 Å². The van der Waals surface area contributed by atoms with Crippen LogP contribution in [0.15, 0.2) is 23.1 Å². The molecule has 0 aromatic heterocycles. The van der Waals surface area contributed by atoms with Gasteiger partial charge in [-0.15, -0.1) is 0 Å². The van der Waals surface area contributed by atoms with Crippen LogP contribution in [0.1, 0.15) is 24.0 Å². The molecule has 0 saturated carbocycles. The van der Waals surface area contributed by atoms with E-state index in [2.05, 4.69) is 10.0 Å². The average molecular weight is 374 g/mol. The van der Waals surface area contributed by atoms with Crippen molar-refractivity contribution in [2.75, 3.05) is 18.1 Å². The van der Waals surface area contributed by atoms with Crippen molar-refractivity contribution in [2.24, 2.45) is 0 Å². The van der Waals surface area contributed by atoms with Gasteiger partial charge in [-0.1, -0.05) is 6.07 Å². The van der Waals surface area contributed by atoms with Gasteiger partial charge in [0.1, 0.15) is 0 Å². The molecule has 1 fully saturated rings. The van der Waals surface area contributed by atoms with Crippen LogP contribution in [-0.4, -0.2) is 46.8 Å². The summed E-state index contributed by atoms with van der Waals surface area (Å²) in [6, 6.07) is 4.46. The van der Waals surface area contributed by atoms with Crippen molar-refractivity contribution in [3.05, 3.63) is 29.3 Å². The van der Waals surface area contributed by atoms with Gasteiger partial charge in [0, 0.05) is 19.0 Å². The van der Waals surface area contributed by atoms with Crippen LogP contribution in [0, 0.1) is 13.8 Å². The number of amides is 1. The lowest BCUT2D eigenvalue weighted by atomic mass is 10.1. The Morgan fingerprint density at radius 2 is 1.96 bits per heavy atom. The van der Waals surface area contributed by atoms with E-state index in [1.807, 2.05) is 13.8 Å². The number of aryl methyl sites for hydroxylation is 2. The minimum atomic E-state index is -3.67. The molecule has 0 bridgehead atoms. The molecule has 0 aliphatic carbocycles. The fourth-order valence-electron chi connectivity index (χ4n) is 2.47. The van der Waals surface area contributed by atoms with E-state index in [4.69, 9.17) is 0 Å².